The van der Waals surface area contributed by atoms with Crippen LogP contribution >= 0.6 is 0 Å². The van der Waals surface area contributed by atoms with E-state index in [-0.39, 0.29) is 23.9 Å². The molecule has 0 bridgehead atoms. The Hall–Kier alpha value is -1.30. The van der Waals surface area contributed by atoms with Crippen molar-refractivity contribution < 1.29 is 14.7 Å². The average molecular weight is 255 g/mol. The highest BCUT2D eigenvalue weighted by Crippen LogP contribution is 2.32. The summed E-state index contributed by atoms with van der Waals surface area (Å²) in [5.41, 5.74) is 5.59. The second kappa shape index (κ2) is 6.04. The summed E-state index contributed by atoms with van der Waals surface area (Å²) in [7, 11) is 0. The lowest BCUT2D eigenvalue weighted by Gasteiger charge is -2.23. The molecular weight excluding hydrogens is 234 g/mol. The Morgan fingerprint density at radius 3 is 2.78 bits per heavy atom. The fraction of sp³-hybridized carbons (Fsp3) is 0.833. The van der Waals surface area contributed by atoms with Gasteiger partial charge in [0.25, 0.3) is 0 Å². The van der Waals surface area contributed by atoms with E-state index < -0.39 is 0 Å². The number of rotatable bonds is 5. The Kier molecular flexibility index (Phi) is 4.41. The van der Waals surface area contributed by atoms with Crippen LogP contribution in [-0.4, -0.2) is 35.7 Å². The van der Waals surface area contributed by atoms with Crippen molar-refractivity contribution in [2.24, 2.45) is 16.8 Å². The van der Waals surface area contributed by atoms with Crippen molar-refractivity contribution in [1.29, 1.82) is 0 Å². The molecule has 18 heavy (non-hydrogen) atoms. The monoisotopic (exact) mass is 255 g/mol. The highest BCUT2D eigenvalue weighted by Gasteiger charge is 2.35. The molecule has 4 N–H and O–H groups in total. The number of oxime groups is 1. The fourth-order valence-electron chi connectivity index (χ4n) is 2.33. The van der Waals surface area contributed by atoms with Gasteiger partial charge in [-0.3, -0.25) is 4.79 Å². The van der Waals surface area contributed by atoms with Gasteiger partial charge in [0.15, 0.2) is 5.84 Å². The molecule has 1 heterocycles. The number of amidine groups is 1. The summed E-state index contributed by atoms with van der Waals surface area (Å²) in [4.78, 5) is 11.9. The van der Waals surface area contributed by atoms with E-state index in [2.05, 4.69) is 10.5 Å². The number of nitrogens with one attached hydrogen (secondary N) is 1. The van der Waals surface area contributed by atoms with Gasteiger partial charge in [0.05, 0.1) is 18.6 Å². The van der Waals surface area contributed by atoms with Crippen molar-refractivity contribution in [3.05, 3.63) is 0 Å². The standard InChI is InChI=1S/C12H21N3O3/c13-12(15-17)11(8-4-5-8)14-10(16)7-9-3-1-2-6-18-9/h8-9,11,17H,1-7H2,(H2,13,15)(H,14,16). The van der Waals surface area contributed by atoms with E-state index in [4.69, 9.17) is 15.7 Å². The molecule has 2 aliphatic rings. The van der Waals surface area contributed by atoms with Crippen LogP contribution in [0.1, 0.15) is 38.5 Å². The molecule has 6 nitrogen and oxygen atoms in total. The summed E-state index contributed by atoms with van der Waals surface area (Å²) in [5.74, 6) is 0.331. The number of carbonyl (C=O) groups excluding carboxylic acids is 1. The molecule has 2 rings (SSSR count). The van der Waals surface area contributed by atoms with Crippen LogP contribution in [0.25, 0.3) is 0 Å². The number of nitrogens with two attached hydrogens (primary N) is 1. The first-order valence-corrected chi connectivity index (χ1v) is 6.59. The molecular formula is C12H21N3O3. The Labute approximate surface area is 107 Å². The predicted molar refractivity (Wildman–Crippen MR) is 66.3 cm³/mol. The van der Waals surface area contributed by atoms with Gasteiger partial charge in [-0.05, 0) is 38.0 Å². The van der Waals surface area contributed by atoms with Crippen LogP contribution in [0, 0.1) is 5.92 Å². The predicted octanol–water partition coefficient (Wildman–Crippen LogP) is 0.587. The highest BCUT2D eigenvalue weighted by molar-refractivity contribution is 5.90. The van der Waals surface area contributed by atoms with E-state index in [1.807, 2.05) is 0 Å². The van der Waals surface area contributed by atoms with Crippen molar-refractivity contribution in [3.63, 3.8) is 0 Å². The summed E-state index contributed by atoms with van der Waals surface area (Å²) in [5, 5.41) is 14.5. The van der Waals surface area contributed by atoms with Crippen LogP contribution in [0.3, 0.4) is 0 Å². The van der Waals surface area contributed by atoms with E-state index in [1.54, 1.807) is 0 Å². The van der Waals surface area contributed by atoms with Gasteiger partial charge in [0, 0.05) is 6.61 Å². The first kappa shape index (κ1) is 13.1. The van der Waals surface area contributed by atoms with Gasteiger partial charge in [-0.2, -0.15) is 0 Å². The van der Waals surface area contributed by atoms with Gasteiger partial charge >= 0.3 is 0 Å². The van der Waals surface area contributed by atoms with Crippen LogP contribution in [0.2, 0.25) is 0 Å². The lowest BCUT2D eigenvalue weighted by molar-refractivity contribution is -0.125. The molecule has 0 spiro atoms. The zero-order chi connectivity index (χ0) is 13.0. The minimum absolute atomic E-state index is 0.0193. The van der Waals surface area contributed by atoms with Gasteiger partial charge in [0.1, 0.15) is 0 Å². The maximum atomic E-state index is 11.9. The number of hydrogen-bond donors (Lipinski definition) is 3. The van der Waals surface area contributed by atoms with Crippen LogP contribution in [-0.2, 0) is 9.53 Å². The molecule has 1 saturated carbocycles. The second-order valence-electron chi connectivity index (χ2n) is 5.10. The lowest BCUT2D eigenvalue weighted by atomic mass is 10.1. The Balaban J connectivity index is 1.81. The SMILES string of the molecule is NC(=NO)C(NC(=O)CC1CCCCO1)C1CC1. The lowest BCUT2D eigenvalue weighted by Crippen LogP contribution is -2.47. The van der Waals surface area contributed by atoms with E-state index in [0.29, 0.717) is 12.3 Å². The van der Waals surface area contributed by atoms with Crippen molar-refractivity contribution in [2.75, 3.05) is 6.61 Å². The molecule has 2 atom stereocenters. The second-order valence-corrected chi connectivity index (χ2v) is 5.10. The minimum Gasteiger partial charge on any atom is -0.409 e. The molecule has 0 radical (unpaired) electrons. The van der Waals surface area contributed by atoms with Gasteiger partial charge in [-0.25, -0.2) is 0 Å². The number of carbonyl (C=O) groups is 1. The van der Waals surface area contributed by atoms with Crippen molar-refractivity contribution in [3.8, 4) is 0 Å². The summed E-state index contributed by atoms with van der Waals surface area (Å²) in [6.45, 7) is 0.740. The Morgan fingerprint density at radius 2 is 2.22 bits per heavy atom. The zero-order valence-electron chi connectivity index (χ0n) is 10.5. The number of amides is 1. The van der Waals surface area contributed by atoms with E-state index in [1.165, 1.54) is 0 Å². The molecule has 1 aliphatic heterocycles. The van der Waals surface area contributed by atoms with E-state index >= 15 is 0 Å². The summed E-state index contributed by atoms with van der Waals surface area (Å²) in [6, 6.07) is -0.328. The van der Waals surface area contributed by atoms with Crippen LogP contribution in [0.15, 0.2) is 5.16 Å². The normalized spacial score (nSPS) is 26.7. The smallest absolute Gasteiger partial charge is 0.223 e. The average Bonchev–Trinajstić information content (AvgIpc) is 3.20. The summed E-state index contributed by atoms with van der Waals surface area (Å²) in [6.07, 6.45) is 5.54. The molecule has 1 saturated heterocycles. The van der Waals surface area contributed by atoms with Crippen LogP contribution < -0.4 is 11.1 Å². The maximum absolute atomic E-state index is 11.9. The third kappa shape index (κ3) is 3.60. The first-order chi connectivity index (χ1) is 8.70. The molecule has 0 aromatic rings. The maximum Gasteiger partial charge on any atom is 0.223 e. The molecule has 102 valence electrons. The summed E-state index contributed by atoms with van der Waals surface area (Å²) < 4.78 is 5.52. The van der Waals surface area contributed by atoms with E-state index in [0.717, 1.165) is 38.7 Å². The van der Waals surface area contributed by atoms with E-state index in [9.17, 15) is 4.79 Å². The molecule has 2 fully saturated rings. The topological polar surface area (TPSA) is 96.9 Å². The van der Waals surface area contributed by atoms with Crippen LogP contribution in [0.4, 0.5) is 0 Å². The third-order valence-corrected chi connectivity index (χ3v) is 3.53. The fourth-order valence-corrected chi connectivity index (χ4v) is 2.33. The Morgan fingerprint density at radius 1 is 1.44 bits per heavy atom. The first-order valence-electron chi connectivity index (χ1n) is 6.59. The van der Waals surface area contributed by atoms with Gasteiger partial charge < -0.3 is 21.0 Å². The van der Waals surface area contributed by atoms with Gasteiger partial charge in [-0.15, -0.1) is 0 Å². The summed E-state index contributed by atoms with van der Waals surface area (Å²) >= 11 is 0. The molecule has 1 amide bonds. The molecule has 6 heteroatoms. The van der Waals surface area contributed by atoms with Crippen LogP contribution in [0.5, 0.6) is 0 Å². The highest BCUT2D eigenvalue weighted by atomic mass is 16.5. The van der Waals surface area contributed by atoms with Gasteiger partial charge in [0.2, 0.25) is 5.91 Å². The number of hydrogen-bond acceptors (Lipinski definition) is 4. The third-order valence-electron chi connectivity index (χ3n) is 3.53. The molecule has 2 unspecified atom stereocenters. The Bertz CT molecular complexity index is 323. The quantitative estimate of drug-likeness (QED) is 0.290. The zero-order valence-corrected chi connectivity index (χ0v) is 10.5. The molecule has 1 aliphatic carbocycles. The largest absolute Gasteiger partial charge is 0.409 e. The van der Waals surface area contributed by atoms with Gasteiger partial charge in [-0.1, -0.05) is 5.16 Å². The number of ether oxygens (including phenoxy) is 1. The van der Waals surface area contributed by atoms with Crippen molar-refractivity contribution in [2.45, 2.75) is 50.7 Å². The minimum atomic E-state index is -0.328. The van der Waals surface area contributed by atoms with Crippen molar-refractivity contribution in [1.82, 2.24) is 5.32 Å². The molecule has 0 aromatic carbocycles. The number of nitrogens with zero attached hydrogens (tertiary/aromatic N) is 1. The van der Waals surface area contributed by atoms with Crippen molar-refractivity contribution >= 4 is 11.7 Å². The molecule has 0 aromatic heterocycles.